The minimum absolute atomic E-state index is 0.158. The van der Waals surface area contributed by atoms with Crippen molar-refractivity contribution in [3.05, 3.63) is 29.8 Å². The lowest BCUT2D eigenvalue weighted by Gasteiger charge is -2.29. The molecule has 0 aromatic heterocycles. The van der Waals surface area contributed by atoms with E-state index in [0.717, 1.165) is 18.8 Å². The Morgan fingerprint density at radius 2 is 1.95 bits per heavy atom. The Morgan fingerprint density at radius 3 is 2.64 bits per heavy atom. The van der Waals surface area contributed by atoms with Crippen LogP contribution in [0.25, 0.3) is 0 Å². The molecular weight excluding hydrogens is 280 g/mol. The first kappa shape index (κ1) is 15.2. The van der Waals surface area contributed by atoms with Gasteiger partial charge < -0.3 is 10.0 Å². The molecule has 0 spiro atoms. The average molecular weight is 303 g/mol. The summed E-state index contributed by atoms with van der Waals surface area (Å²) in [4.78, 5) is 27.4. The van der Waals surface area contributed by atoms with E-state index in [4.69, 9.17) is 0 Å². The number of quaternary nitrogens is 1. The molecule has 2 aliphatic heterocycles. The fourth-order valence-electron chi connectivity index (χ4n) is 3.63. The van der Waals surface area contributed by atoms with Gasteiger partial charge in [-0.25, -0.2) is 0 Å². The molecule has 22 heavy (non-hydrogen) atoms. The summed E-state index contributed by atoms with van der Waals surface area (Å²) in [7, 11) is 0. The van der Waals surface area contributed by atoms with Gasteiger partial charge >= 0.3 is 0 Å². The molecule has 1 atom stereocenters. The van der Waals surface area contributed by atoms with Gasteiger partial charge in [0.05, 0.1) is 18.8 Å². The molecule has 118 valence electrons. The normalized spacial score (nSPS) is 25.4. The van der Waals surface area contributed by atoms with E-state index in [9.17, 15) is 14.7 Å². The number of hydrogen-bond donors (Lipinski definition) is 2. The zero-order chi connectivity index (χ0) is 15.7. The van der Waals surface area contributed by atoms with Crippen LogP contribution in [0.3, 0.4) is 0 Å². The van der Waals surface area contributed by atoms with Crippen LogP contribution in [0.2, 0.25) is 0 Å². The van der Waals surface area contributed by atoms with Gasteiger partial charge in [0.25, 0.3) is 5.91 Å². The molecule has 0 unspecified atom stereocenters. The van der Waals surface area contributed by atoms with Crippen LogP contribution < -0.4 is 9.80 Å². The number of hydrogen-bond acceptors (Lipinski definition) is 3. The second-order valence-electron chi connectivity index (χ2n) is 6.46. The first-order chi connectivity index (χ1) is 10.5. The number of rotatable bonds is 4. The second kappa shape index (κ2) is 5.82. The van der Waals surface area contributed by atoms with Crippen molar-refractivity contribution in [2.45, 2.75) is 38.2 Å². The topological polar surface area (TPSA) is 62.0 Å². The molecule has 1 saturated heterocycles. The number of Topliss-reactive ketones (excluding diaryl/α,β-unsaturated/α-hetero) is 1. The predicted octanol–water partition coefficient (Wildman–Crippen LogP) is 0.226. The van der Waals surface area contributed by atoms with E-state index >= 15 is 0 Å². The largest absolute Gasteiger partial charge is 0.375 e. The second-order valence-corrected chi connectivity index (χ2v) is 6.46. The molecule has 1 aromatic rings. The van der Waals surface area contributed by atoms with Crippen molar-refractivity contribution in [1.29, 1.82) is 0 Å². The number of amides is 1. The Kier molecular flexibility index (Phi) is 4.02. The van der Waals surface area contributed by atoms with Crippen LogP contribution in [0.1, 0.15) is 38.2 Å². The Morgan fingerprint density at radius 1 is 1.27 bits per heavy atom. The van der Waals surface area contributed by atoms with Gasteiger partial charge in [-0.05, 0) is 32.3 Å². The molecule has 2 N–H and O–H groups in total. The van der Waals surface area contributed by atoms with Gasteiger partial charge in [0.15, 0.2) is 12.3 Å². The molecule has 0 radical (unpaired) electrons. The Balaban J connectivity index is 1.91. The molecule has 1 fully saturated rings. The number of nitrogens with zero attached hydrogens (tertiary/aromatic N) is 1. The van der Waals surface area contributed by atoms with Gasteiger partial charge in [0.1, 0.15) is 5.78 Å². The first-order valence-corrected chi connectivity index (χ1v) is 7.99. The molecule has 0 saturated carbocycles. The molecule has 5 nitrogen and oxygen atoms in total. The molecule has 1 amide bonds. The van der Waals surface area contributed by atoms with Crippen molar-refractivity contribution in [1.82, 2.24) is 0 Å². The molecule has 5 heteroatoms. The summed E-state index contributed by atoms with van der Waals surface area (Å²) in [5.41, 5.74) is -0.390. The summed E-state index contributed by atoms with van der Waals surface area (Å²) in [6.07, 6.45) is 3.45. The summed E-state index contributed by atoms with van der Waals surface area (Å²) < 4.78 is 0. The quantitative estimate of drug-likeness (QED) is 0.837. The molecule has 0 bridgehead atoms. The van der Waals surface area contributed by atoms with E-state index in [2.05, 4.69) is 0 Å². The monoisotopic (exact) mass is 303 g/mol. The smallest absolute Gasteiger partial charge is 0.268 e. The van der Waals surface area contributed by atoms with Gasteiger partial charge in [-0.1, -0.05) is 18.2 Å². The Bertz CT molecular complexity index is 595. The lowest BCUT2D eigenvalue weighted by atomic mass is 9.90. The van der Waals surface area contributed by atoms with Gasteiger partial charge in [0.2, 0.25) is 0 Å². The Hall–Kier alpha value is -1.72. The third kappa shape index (κ3) is 2.55. The van der Waals surface area contributed by atoms with Gasteiger partial charge in [0, 0.05) is 12.0 Å². The number of para-hydroxylation sites is 1. The van der Waals surface area contributed by atoms with Crippen LogP contribution in [-0.4, -0.2) is 36.6 Å². The molecule has 1 aromatic carbocycles. The number of likely N-dealkylation sites (tertiary alicyclic amines) is 1. The average Bonchev–Trinajstić information content (AvgIpc) is 2.70. The fraction of sp³-hybridized carbons (Fsp3) is 0.529. The standard InChI is InChI=1S/C17H22N2O3/c1-13(20)11-17(22)14-7-3-4-8-15(14)19(16(17)21)12-18-9-5-2-6-10-18/h3-4,7-8,22H,2,5-6,9-12H2,1H3/p+1/t17-/m1/s1. The third-order valence-corrected chi connectivity index (χ3v) is 4.69. The lowest BCUT2D eigenvalue weighted by molar-refractivity contribution is -0.903. The summed E-state index contributed by atoms with van der Waals surface area (Å²) in [6.45, 7) is 4.08. The molecule has 3 rings (SSSR count). The summed E-state index contributed by atoms with van der Waals surface area (Å²) in [5, 5.41) is 10.9. The number of carbonyl (C=O) groups excluding carboxylic acids is 2. The summed E-state index contributed by atoms with van der Waals surface area (Å²) in [5.74, 6) is -0.542. The third-order valence-electron chi connectivity index (χ3n) is 4.69. The maximum atomic E-state index is 12.8. The highest BCUT2D eigenvalue weighted by atomic mass is 16.3. The molecule has 2 aliphatic rings. The van der Waals surface area contributed by atoms with Crippen molar-refractivity contribution in [2.75, 3.05) is 24.7 Å². The summed E-state index contributed by atoms with van der Waals surface area (Å²) >= 11 is 0. The first-order valence-electron chi connectivity index (χ1n) is 7.99. The zero-order valence-electron chi connectivity index (χ0n) is 13.0. The Labute approximate surface area is 130 Å². The van der Waals surface area contributed by atoms with Crippen molar-refractivity contribution < 1.29 is 19.6 Å². The number of piperidine rings is 1. The zero-order valence-corrected chi connectivity index (χ0v) is 13.0. The lowest BCUT2D eigenvalue weighted by Crippen LogP contribution is -3.14. The maximum Gasteiger partial charge on any atom is 0.268 e. The fourth-order valence-corrected chi connectivity index (χ4v) is 3.63. The molecular formula is C17H23N2O3+. The highest BCUT2D eigenvalue weighted by molar-refractivity contribution is 6.08. The van der Waals surface area contributed by atoms with E-state index in [1.54, 1.807) is 17.0 Å². The van der Waals surface area contributed by atoms with E-state index in [0.29, 0.717) is 12.2 Å². The predicted molar refractivity (Wildman–Crippen MR) is 82.5 cm³/mol. The van der Waals surface area contributed by atoms with Crippen LogP contribution in [0.4, 0.5) is 5.69 Å². The van der Waals surface area contributed by atoms with Crippen LogP contribution in [0.5, 0.6) is 0 Å². The highest BCUT2D eigenvalue weighted by Gasteiger charge is 2.51. The highest BCUT2D eigenvalue weighted by Crippen LogP contribution is 2.41. The van der Waals surface area contributed by atoms with Crippen LogP contribution in [0.15, 0.2) is 24.3 Å². The SMILES string of the molecule is CC(=O)C[C@]1(O)C(=O)N(C[NH+]2CCCCC2)c2ccccc21. The molecule has 0 aliphatic carbocycles. The van der Waals surface area contributed by atoms with Gasteiger partial charge in [-0.3, -0.25) is 14.5 Å². The van der Waals surface area contributed by atoms with Crippen molar-refractivity contribution in [2.24, 2.45) is 0 Å². The van der Waals surface area contributed by atoms with Crippen molar-refractivity contribution in [3.63, 3.8) is 0 Å². The van der Waals surface area contributed by atoms with Crippen LogP contribution >= 0.6 is 0 Å². The van der Waals surface area contributed by atoms with E-state index in [1.807, 2.05) is 12.1 Å². The number of nitrogens with one attached hydrogen (secondary N) is 1. The van der Waals surface area contributed by atoms with Crippen LogP contribution in [0, 0.1) is 0 Å². The van der Waals surface area contributed by atoms with E-state index in [-0.39, 0.29) is 18.1 Å². The number of ketones is 1. The van der Waals surface area contributed by atoms with Crippen LogP contribution in [-0.2, 0) is 15.2 Å². The number of benzene rings is 1. The minimum Gasteiger partial charge on any atom is -0.375 e. The van der Waals surface area contributed by atoms with Gasteiger partial charge in [-0.2, -0.15) is 0 Å². The summed E-state index contributed by atoms with van der Waals surface area (Å²) in [6, 6.07) is 7.27. The van der Waals surface area contributed by atoms with Crippen molar-refractivity contribution in [3.8, 4) is 0 Å². The number of anilines is 1. The number of aliphatic hydroxyl groups is 1. The van der Waals surface area contributed by atoms with Crippen molar-refractivity contribution >= 4 is 17.4 Å². The number of fused-ring (bicyclic) bond motifs is 1. The molecule has 2 heterocycles. The number of carbonyl (C=O) groups is 2. The van der Waals surface area contributed by atoms with E-state index in [1.165, 1.54) is 31.1 Å². The van der Waals surface area contributed by atoms with Gasteiger partial charge in [-0.15, -0.1) is 0 Å². The maximum absolute atomic E-state index is 12.8. The van der Waals surface area contributed by atoms with E-state index < -0.39 is 5.60 Å². The minimum atomic E-state index is -1.70.